The van der Waals surface area contributed by atoms with Crippen LogP contribution in [-0.2, 0) is 9.53 Å². The highest BCUT2D eigenvalue weighted by molar-refractivity contribution is 5.95. The molecule has 0 aliphatic carbocycles. The van der Waals surface area contributed by atoms with Gasteiger partial charge in [0.05, 0.1) is 19.3 Å². The Hall–Kier alpha value is -3.06. The van der Waals surface area contributed by atoms with E-state index in [1.54, 1.807) is 31.4 Å². The maximum absolute atomic E-state index is 12.1. The molecule has 0 aromatic heterocycles. The quantitative estimate of drug-likeness (QED) is 0.505. The van der Waals surface area contributed by atoms with Crippen LogP contribution in [0.5, 0.6) is 5.75 Å². The molecule has 0 saturated carbocycles. The second kappa shape index (κ2) is 11.7. The van der Waals surface area contributed by atoms with Gasteiger partial charge >= 0.3 is 0 Å². The Balaban J connectivity index is 1.78. The zero-order chi connectivity index (χ0) is 21.1. The average molecular weight is 399 g/mol. The SMILES string of the molecule is CCC(C)Oc1ccc(NC(=O)CNc2ccc(C(=O)NCCOC)cc2)cc1. The summed E-state index contributed by atoms with van der Waals surface area (Å²) in [6.07, 6.45) is 1.09. The number of rotatable bonds is 11. The van der Waals surface area contributed by atoms with Gasteiger partial charge in [0.25, 0.3) is 5.91 Å². The summed E-state index contributed by atoms with van der Waals surface area (Å²) in [6.45, 7) is 5.12. The number of ether oxygens (including phenoxy) is 2. The van der Waals surface area contributed by atoms with Gasteiger partial charge in [-0.2, -0.15) is 0 Å². The molecule has 2 rings (SSSR count). The third-order valence-corrected chi connectivity index (χ3v) is 4.24. The van der Waals surface area contributed by atoms with Crippen LogP contribution in [0.4, 0.5) is 11.4 Å². The minimum atomic E-state index is -0.165. The van der Waals surface area contributed by atoms with Gasteiger partial charge in [-0.15, -0.1) is 0 Å². The van der Waals surface area contributed by atoms with Crippen molar-refractivity contribution in [3.8, 4) is 5.75 Å². The summed E-state index contributed by atoms with van der Waals surface area (Å²) in [7, 11) is 1.58. The molecule has 3 N–H and O–H groups in total. The molecule has 0 aliphatic heterocycles. The van der Waals surface area contributed by atoms with E-state index in [4.69, 9.17) is 9.47 Å². The molecule has 0 aliphatic rings. The zero-order valence-electron chi connectivity index (χ0n) is 17.2. The lowest BCUT2D eigenvalue weighted by Gasteiger charge is -2.13. The Morgan fingerprint density at radius 2 is 1.66 bits per heavy atom. The normalized spacial score (nSPS) is 11.4. The summed E-state index contributed by atoms with van der Waals surface area (Å²) in [5.74, 6) is 0.455. The largest absolute Gasteiger partial charge is 0.491 e. The zero-order valence-corrected chi connectivity index (χ0v) is 17.2. The van der Waals surface area contributed by atoms with Crippen molar-refractivity contribution in [1.82, 2.24) is 5.32 Å². The van der Waals surface area contributed by atoms with E-state index in [2.05, 4.69) is 22.9 Å². The summed E-state index contributed by atoms with van der Waals surface area (Å²) in [6, 6.07) is 14.2. The van der Waals surface area contributed by atoms with Crippen molar-refractivity contribution in [2.45, 2.75) is 26.4 Å². The fraction of sp³-hybridized carbons (Fsp3) is 0.364. The Morgan fingerprint density at radius 3 is 2.28 bits per heavy atom. The number of amides is 2. The molecule has 7 nitrogen and oxygen atoms in total. The number of nitrogens with one attached hydrogen (secondary N) is 3. The minimum absolute atomic E-state index is 0.116. The van der Waals surface area contributed by atoms with E-state index in [1.807, 2.05) is 31.2 Å². The molecular formula is C22H29N3O4. The molecule has 0 radical (unpaired) electrons. The van der Waals surface area contributed by atoms with Crippen LogP contribution in [0.15, 0.2) is 48.5 Å². The molecule has 29 heavy (non-hydrogen) atoms. The van der Waals surface area contributed by atoms with E-state index in [1.165, 1.54) is 0 Å². The summed E-state index contributed by atoms with van der Waals surface area (Å²) in [5.41, 5.74) is 2.01. The molecule has 1 unspecified atom stereocenters. The van der Waals surface area contributed by atoms with Crippen LogP contribution < -0.4 is 20.7 Å². The van der Waals surface area contributed by atoms with Crippen molar-refractivity contribution in [2.24, 2.45) is 0 Å². The van der Waals surface area contributed by atoms with E-state index >= 15 is 0 Å². The monoisotopic (exact) mass is 399 g/mol. The van der Waals surface area contributed by atoms with Crippen LogP contribution in [0.2, 0.25) is 0 Å². The smallest absolute Gasteiger partial charge is 0.251 e. The first-order valence-corrected chi connectivity index (χ1v) is 9.69. The molecule has 2 amide bonds. The van der Waals surface area contributed by atoms with Gasteiger partial charge < -0.3 is 25.4 Å². The lowest BCUT2D eigenvalue weighted by atomic mass is 10.2. The molecule has 1 atom stereocenters. The van der Waals surface area contributed by atoms with Crippen LogP contribution in [-0.4, -0.2) is 44.7 Å². The Kier molecular flexibility index (Phi) is 8.98. The van der Waals surface area contributed by atoms with Gasteiger partial charge in [0.2, 0.25) is 5.91 Å². The summed E-state index contributed by atoms with van der Waals surface area (Å²) >= 11 is 0. The van der Waals surface area contributed by atoms with Crippen LogP contribution in [0, 0.1) is 0 Å². The maximum atomic E-state index is 12.1. The fourth-order valence-electron chi connectivity index (χ4n) is 2.43. The van der Waals surface area contributed by atoms with Crippen LogP contribution in [0.3, 0.4) is 0 Å². The number of hydrogen-bond donors (Lipinski definition) is 3. The summed E-state index contributed by atoms with van der Waals surface area (Å²) < 4.78 is 10.6. The fourth-order valence-corrected chi connectivity index (χ4v) is 2.43. The summed E-state index contributed by atoms with van der Waals surface area (Å²) in [4.78, 5) is 24.1. The van der Waals surface area contributed by atoms with Gasteiger partial charge in [0, 0.05) is 30.6 Å². The van der Waals surface area contributed by atoms with E-state index in [9.17, 15) is 9.59 Å². The van der Waals surface area contributed by atoms with Crippen LogP contribution in [0.1, 0.15) is 30.6 Å². The van der Waals surface area contributed by atoms with Crippen molar-refractivity contribution < 1.29 is 19.1 Å². The molecule has 0 spiro atoms. The third kappa shape index (κ3) is 7.83. The molecule has 156 valence electrons. The first-order valence-electron chi connectivity index (χ1n) is 9.69. The highest BCUT2D eigenvalue weighted by Gasteiger charge is 2.07. The van der Waals surface area contributed by atoms with E-state index in [0.717, 1.165) is 17.9 Å². The van der Waals surface area contributed by atoms with Crippen molar-refractivity contribution in [1.29, 1.82) is 0 Å². The van der Waals surface area contributed by atoms with E-state index < -0.39 is 0 Å². The van der Waals surface area contributed by atoms with Gasteiger partial charge in [0.15, 0.2) is 0 Å². The van der Waals surface area contributed by atoms with E-state index in [-0.39, 0.29) is 24.5 Å². The van der Waals surface area contributed by atoms with Gasteiger partial charge in [-0.25, -0.2) is 0 Å². The summed E-state index contributed by atoms with van der Waals surface area (Å²) in [5, 5.41) is 8.63. The molecule has 0 bridgehead atoms. The molecule has 2 aromatic rings. The number of carbonyl (C=O) groups is 2. The van der Waals surface area contributed by atoms with Gasteiger partial charge in [-0.05, 0) is 61.9 Å². The van der Waals surface area contributed by atoms with Crippen molar-refractivity contribution >= 4 is 23.2 Å². The Morgan fingerprint density at radius 1 is 1.00 bits per heavy atom. The number of anilines is 2. The highest BCUT2D eigenvalue weighted by Crippen LogP contribution is 2.17. The van der Waals surface area contributed by atoms with Gasteiger partial charge in [-0.1, -0.05) is 6.92 Å². The Labute approximate surface area is 171 Å². The topological polar surface area (TPSA) is 88.7 Å². The Bertz CT molecular complexity index is 776. The maximum Gasteiger partial charge on any atom is 0.251 e. The van der Waals surface area contributed by atoms with E-state index in [0.29, 0.717) is 24.4 Å². The van der Waals surface area contributed by atoms with Crippen LogP contribution >= 0.6 is 0 Å². The number of methoxy groups -OCH3 is 1. The predicted octanol–water partition coefficient (Wildman–Crippen LogP) is 3.29. The lowest BCUT2D eigenvalue weighted by Crippen LogP contribution is -2.26. The first kappa shape index (κ1) is 22.2. The first-order chi connectivity index (χ1) is 14.0. The predicted molar refractivity (Wildman–Crippen MR) is 115 cm³/mol. The van der Waals surface area contributed by atoms with Crippen molar-refractivity contribution in [3.05, 3.63) is 54.1 Å². The average Bonchev–Trinajstić information content (AvgIpc) is 2.74. The van der Waals surface area contributed by atoms with Crippen LogP contribution in [0.25, 0.3) is 0 Å². The van der Waals surface area contributed by atoms with Gasteiger partial charge in [-0.3, -0.25) is 9.59 Å². The van der Waals surface area contributed by atoms with Gasteiger partial charge in [0.1, 0.15) is 5.75 Å². The molecule has 7 heteroatoms. The molecule has 2 aromatic carbocycles. The third-order valence-electron chi connectivity index (χ3n) is 4.24. The molecule has 0 saturated heterocycles. The highest BCUT2D eigenvalue weighted by atomic mass is 16.5. The number of carbonyl (C=O) groups excluding carboxylic acids is 2. The molecule has 0 fully saturated rings. The minimum Gasteiger partial charge on any atom is -0.491 e. The van der Waals surface area contributed by atoms with Crippen molar-refractivity contribution in [2.75, 3.05) is 37.4 Å². The standard InChI is InChI=1S/C22H29N3O4/c1-4-16(2)29-20-11-9-19(10-12-20)25-21(26)15-24-18-7-5-17(6-8-18)22(27)23-13-14-28-3/h5-12,16,24H,4,13-15H2,1-3H3,(H,23,27)(H,25,26). The second-order valence-electron chi connectivity index (χ2n) is 6.59. The lowest BCUT2D eigenvalue weighted by molar-refractivity contribution is -0.114. The molecular weight excluding hydrogens is 370 g/mol. The van der Waals surface area contributed by atoms with Crippen molar-refractivity contribution in [3.63, 3.8) is 0 Å². The molecule has 0 heterocycles. The second-order valence-corrected chi connectivity index (χ2v) is 6.59. The number of hydrogen-bond acceptors (Lipinski definition) is 5. The number of benzene rings is 2.